The van der Waals surface area contributed by atoms with Crippen LogP contribution in [0.2, 0.25) is 0 Å². The van der Waals surface area contributed by atoms with Crippen LogP contribution in [-0.2, 0) is 9.59 Å². The normalized spacial score (nSPS) is 15.1. The van der Waals surface area contributed by atoms with Crippen molar-refractivity contribution in [2.75, 3.05) is 30.5 Å². The maximum absolute atomic E-state index is 12.3. The number of hydrogen-bond acceptors (Lipinski definition) is 5. The van der Waals surface area contributed by atoms with Gasteiger partial charge in [-0.25, -0.2) is 0 Å². The summed E-state index contributed by atoms with van der Waals surface area (Å²) in [6.07, 6.45) is 1.99. The first-order chi connectivity index (χ1) is 14.5. The average Bonchev–Trinajstić information content (AvgIpc) is 2.75. The Labute approximate surface area is 176 Å². The number of hydrogen-bond donors (Lipinski definition) is 1. The van der Waals surface area contributed by atoms with Crippen LogP contribution in [0.25, 0.3) is 0 Å². The largest absolute Gasteiger partial charge is 0.497 e. The van der Waals surface area contributed by atoms with Gasteiger partial charge in [-0.3, -0.25) is 9.59 Å². The summed E-state index contributed by atoms with van der Waals surface area (Å²) >= 11 is 0. The number of fused-ring (bicyclic) bond motifs is 1. The number of ether oxygens (including phenoxy) is 3. The van der Waals surface area contributed by atoms with Crippen molar-refractivity contribution in [1.82, 2.24) is 0 Å². The summed E-state index contributed by atoms with van der Waals surface area (Å²) < 4.78 is 16.4. The number of amides is 2. The average molecular weight is 410 g/mol. The molecular weight excluding hydrogens is 384 g/mol. The number of nitrogens with zero attached hydrogens (tertiary/aromatic N) is 1. The lowest BCUT2D eigenvalue weighted by molar-refractivity contribution is -0.125. The SMILES string of the molecule is C=CCN1C(=O)C(C)Oc2cc(NC(=O)CCCOc3ccc(OC)cc3)ccc21. The monoisotopic (exact) mass is 410 g/mol. The summed E-state index contributed by atoms with van der Waals surface area (Å²) in [5.41, 5.74) is 1.29. The van der Waals surface area contributed by atoms with E-state index in [0.29, 0.717) is 43.1 Å². The molecule has 0 fully saturated rings. The zero-order valence-electron chi connectivity index (χ0n) is 17.2. The van der Waals surface area contributed by atoms with Crippen molar-refractivity contribution in [1.29, 1.82) is 0 Å². The molecule has 0 saturated carbocycles. The molecule has 0 aromatic heterocycles. The molecule has 0 radical (unpaired) electrons. The van der Waals surface area contributed by atoms with Crippen molar-refractivity contribution in [3.05, 3.63) is 55.1 Å². The Morgan fingerprint density at radius 3 is 2.67 bits per heavy atom. The molecule has 0 aliphatic carbocycles. The summed E-state index contributed by atoms with van der Waals surface area (Å²) in [6.45, 7) is 6.24. The molecule has 7 nitrogen and oxygen atoms in total. The van der Waals surface area contributed by atoms with Gasteiger partial charge in [-0.05, 0) is 49.7 Å². The van der Waals surface area contributed by atoms with Crippen LogP contribution in [0.15, 0.2) is 55.1 Å². The fraction of sp³-hybridized carbons (Fsp3) is 0.304. The molecule has 2 aromatic carbocycles. The first kappa shape index (κ1) is 21.2. The molecule has 3 rings (SSSR count). The van der Waals surface area contributed by atoms with E-state index in [1.54, 1.807) is 43.2 Å². The standard InChI is InChI=1S/C23H26N2O5/c1-4-13-25-20-12-7-17(15-21(20)30-16(2)23(25)27)24-22(26)6-5-14-29-19-10-8-18(28-3)9-11-19/h4,7-12,15-16H,1,5-6,13-14H2,2-3H3,(H,24,26). The maximum atomic E-state index is 12.3. The Kier molecular flexibility index (Phi) is 6.95. The van der Waals surface area contributed by atoms with E-state index in [1.807, 2.05) is 24.3 Å². The fourth-order valence-corrected chi connectivity index (χ4v) is 3.12. The van der Waals surface area contributed by atoms with E-state index in [0.717, 1.165) is 11.5 Å². The van der Waals surface area contributed by atoms with E-state index < -0.39 is 6.10 Å². The van der Waals surface area contributed by atoms with E-state index in [9.17, 15) is 9.59 Å². The van der Waals surface area contributed by atoms with Gasteiger partial charge in [-0.1, -0.05) is 6.08 Å². The predicted octanol–water partition coefficient (Wildman–Crippen LogP) is 3.79. The first-order valence-corrected chi connectivity index (χ1v) is 9.81. The molecule has 0 spiro atoms. The van der Waals surface area contributed by atoms with Crippen LogP contribution in [-0.4, -0.2) is 38.2 Å². The number of benzene rings is 2. The molecule has 7 heteroatoms. The minimum atomic E-state index is -0.585. The van der Waals surface area contributed by atoms with Crippen LogP contribution in [0.1, 0.15) is 19.8 Å². The summed E-state index contributed by atoms with van der Waals surface area (Å²) in [7, 11) is 1.61. The molecular formula is C23H26N2O5. The summed E-state index contributed by atoms with van der Waals surface area (Å²) in [4.78, 5) is 26.2. The van der Waals surface area contributed by atoms with Gasteiger partial charge in [-0.2, -0.15) is 0 Å². The molecule has 0 saturated heterocycles. The number of methoxy groups -OCH3 is 1. The highest BCUT2D eigenvalue weighted by molar-refractivity contribution is 6.01. The van der Waals surface area contributed by atoms with Crippen LogP contribution in [0.5, 0.6) is 17.2 Å². The summed E-state index contributed by atoms with van der Waals surface area (Å²) in [6, 6.07) is 12.6. The Balaban J connectivity index is 1.51. The molecule has 30 heavy (non-hydrogen) atoms. The van der Waals surface area contributed by atoms with Crippen LogP contribution in [0.4, 0.5) is 11.4 Å². The minimum absolute atomic E-state index is 0.115. The molecule has 1 unspecified atom stereocenters. The van der Waals surface area contributed by atoms with Gasteiger partial charge in [0.2, 0.25) is 5.91 Å². The summed E-state index contributed by atoms with van der Waals surface area (Å²) in [5.74, 6) is 1.83. The molecule has 158 valence electrons. The number of carbonyl (C=O) groups is 2. The van der Waals surface area contributed by atoms with Crippen molar-refractivity contribution in [3.63, 3.8) is 0 Å². The van der Waals surface area contributed by atoms with Crippen molar-refractivity contribution in [2.24, 2.45) is 0 Å². The second-order valence-corrected chi connectivity index (χ2v) is 6.86. The fourth-order valence-electron chi connectivity index (χ4n) is 3.12. The number of nitrogens with one attached hydrogen (secondary N) is 1. The highest BCUT2D eigenvalue weighted by Crippen LogP contribution is 2.36. The second-order valence-electron chi connectivity index (χ2n) is 6.86. The van der Waals surface area contributed by atoms with Gasteiger partial charge in [0.05, 0.1) is 19.4 Å². The minimum Gasteiger partial charge on any atom is -0.497 e. The van der Waals surface area contributed by atoms with Crippen LogP contribution < -0.4 is 24.4 Å². The molecule has 2 amide bonds. The molecule has 1 N–H and O–H groups in total. The van der Waals surface area contributed by atoms with Crippen molar-refractivity contribution in [3.8, 4) is 17.2 Å². The number of anilines is 2. The molecule has 0 bridgehead atoms. The smallest absolute Gasteiger partial charge is 0.268 e. The number of carbonyl (C=O) groups excluding carboxylic acids is 2. The lowest BCUT2D eigenvalue weighted by atomic mass is 10.1. The van der Waals surface area contributed by atoms with Crippen LogP contribution in [0, 0.1) is 0 Å². The quantitative estimate of drug-likeness (QED) is 0.503. The van der Waals surface area contributed by atoms with E-state index in [2.05, 4.69) is 11.9 Å². The van der Waals surface area contributed by atoms with E-state index in [1.165, 1.54) is 0 Å². The van der Waals surface area contributed by atoms with E-state index in [4.69, 9.17) is 14.2 Å². The van der Waals surface area contributed by atoms with Gasteiger partial charge < -0.3 is 24.4 Å². The lowest BCUT2D eigenvalue weighted by Gasteiger charge is -2.32. The van der Waals surface area contributed by atoms with Crippen molar-refractivity contribution in [2.45, 2.75) is 25.9 Å². The van der Waals surface area contributed by atoms with Crippen LogP contribution in [0.3, 0.4) is 0 Å². The van der Waals surface area contributed by atoms with Gasteiger partial charge in [0.1, 0.15) is 17.2 Å². The molecule has 1 aliphatic rings. The second kappa shape index (κ2) is 9.82. The maximum Gasteiger partial charge on any atom is 0.268 e. The highest BCUT2D eigenvalue weighted by Gasteiger charge is 2.30. The predicted molar refractivity (Wildman–Crippen MR) is 115 cm³/mol. The molecule has 1 heterocycles. The third-order valence-corrected chi connectivity index (χ3v) is 4.64. The van der Waals surface area contributed by atoms with Gasteiger partial charge >= 0.3 is 0 Å². The van der Waals surface area contributed by atoms with E-state index >= 15 is 0 Å². The molecule has 2 aromatic rings. The van der Waals surface area contributed by atoms with Crippen LogP contribution >= 0.6 is 0 Å². The van der Waals surface area contributed by atoms with Gasteiger partial charge in [0.25, 0.3) is 5.91 Å². The molecule has 1 atom stereocenters. The summed E-state index contributed by atoms with van der Waals surface area (Å²) in [5, 5.41) is 2.86. The highest BCUT2D eigenvalue weighted by atomic mass is 16.5. The van der Waals surface area contributed by atoms with Gasteiger partial charge in [-0.15, -0.1) is 6.58 Å². The van der Waals surface area contributed by atoms with Gasteiger partial charge in [0, 0.05) is 24.7 Å². The zero-order valence-corrected chi connectivity index (χ0v) is 17.2. The first-order valence-electron chi connectivity index (χ1n) is 9.81. The van der Waals surface area contributed by atoms with Crippen molar-refractivity contribution >= 4 is 23.2 Å². The zero-order chi connectivity index (χ0) is 21.5. The number of rotatable bonds is 9. The Bertz CT molecular complexity index is 910. The third-order valence-electron chi connectivity index (χ3n) is 4.64. The van der Waals surface area contributed by atoms with Gasteiger partial charge in [0.15, 0.2) is 6.10 Å². The third kappa shape index (κ3) is 5.11. The van der Waals surface area contributed by atoms with Crippen molar-refractivity contribution < 1.29 is 23.8 Å². The Hall–Kier alpha value is -3.48. The lowest BCUT2D eigenvalue weighted by Crippen LogP contribution is -2.44. The topological polar surface area (TPSA) is 77.1 Å². The van der Waals surface area contributed by atoms with E-state index in [-0.39, 0.29) is 11.8 Å². The Morgan fingerprint density at radius 1 is 1.23 bits per heavy atom. The molecule has 1 aliphatic heterocycles. The Morgan fingerprint density at radius 2 is 1.97 bits per heavy atom.